The second-order valence-corrected chi connectivity index (χ2v) is 4.31. The Labute approximate surface area is 84.8 Å². The summed E-state index contributed by atoms with van der Waals surface area (Å²) in [6, 6.07) is 0. The quantitative estimate of drug-likeness (QED) is 0.608. The van der Waals surface area contributed by atoms with Crippen LogP contribution in [0.4, 0.5) is 0 Å². The maximum Gasteiger partial charge on any atom is 0.237 e. The molecule has 0 saturated carbocycles. The largest absolute Gasteiger partial charge is 0.368 e. The second-order valence-electron chi connectivity index (χ2n) is 3.32. The number of thioether (sulfide) groups is 1. The number of amides is 1. The molecule has 3 N–H and O–H groups in total. The summed E-state index contributed by atoms with van der Waals surface area (Å²) in [5, 5.41) is 3.13. The zero-order valence-electron chi connectivity index (χ0n) is 8.72. The molecule has 0 fully saturated rings. The van der Waals surface area contributed by atoms with E-state index in [-0.39, 0.29) is 5.91 Å². The Morgan fingerprint density at radius 3 is 2.62 bits per heavy atom. The van der Waals surface area contributed by atoms with Crippen LogP contribution in [0.2, 0.25) is 0 Å². The van der Waals surface area contributed by atoms with E-state index in [9.17, 15) is 4.79 Å². The predicted octanol–water partition coefficient (Wildman–Crippen LogP) is 0.983. The first-order valence-corrected chi connectivity index (χ1v) is 6.00. The molecular formula is C9H20N2OS. The monoisotopic (exact) mass is 204 g/mol. The van der Waals surface area contributed by atoms with E-state index in [1.54, 1.807) is 11.8 Å². The van der Waals surface area contributed by atoms with Crippen molar-refractivity contribution < 1.29 is 4.79 Å². The summed E-state index contributed by atoms with van der Waals surface area (Å²) in [6.45, 7) is 4.63. The van der Waals surface area contributed by atoms with Crippen molar-refractivity contribution in [2.24, 2.45) is 5.73 Å². The Morgan fingerprint density at radius 2 is 2.23 bits per heavy atom. The zero-order chi connectivity index (χ0) is 10.3. The summed E-state index contributed by atoms with van der Waals surface area (Å²) in [5.74, 6) is 0.823. The van der Waals surface area contributed by atoms with E-state index in [0.29, 0.717) is 0 Å². The molecule has 0 aromatic rings. The van der Waals surface area contributed by atoms with Gasteiger partial charge in [0.2, 0.25) is 5.91 Å². The van der Waals surface area contributed by atoms with Crippen LogP contribution in [-0.2, 0) is 4.79 Å². The summed E-state index contributed by atoms with van der Waals surface area (Å²) in [7, 11) is 0. The maximum absolute atomic E-state index is 11.2. The van der Waals surface area contributed by atoms with E-state index < -0.39 is 5.54 Å². The number of hydrogen-bond acceptors (Lipinski definition) is 3. The fraction of sp³-hybridized carbons (Fsp3) is 0.889. The molecular weight excluding hydrogens is 184 g/mol. The Kier molecular flexibility index (Phi) is 6.16. The van der Waals surface area contributed by atoms with E-state index >= 15 is 0 Å². The van der Waals surface area contributed by atoms with E-state index in [2.05, 4.69) is 11.6 Å². The van der Waals surface area contributed by atoms with Gasteiger partial charge in [-0.2, -0.15) is 11.8 Å². The number of primary amides is 1. The maximum atomic E-state index is 11.2. The van der Waals surface area contributed by atoms with Crippen molar-refractivity contribution in [1.82, 2.24) is 5.32 Å². The van der Waals surface area contributed by atoms with E-state index in [0.717, 1.165) is 25.1 Å². The van der Waals surface area contributed by atoms with Gasteiger partial charge in [0.1, 0.15) is 0 Å². The minimum Gasteiger partial charge on any atom is -0.368 e. The topological polar surface area (TPSA) is 55.1 Å². The lowest BCUT2D eigenvalue weighted by molar-refractivity contribution is -0.124. The Bertz CT molecular complexity index is 164. The number of carbonyl (C=O) groups is 1. The molecule has 0 bridgehead atoms. The zero-order valence-corrected chi connectivity index (χ0v) is 9.54. The van der Waals surface area contributed by atoms with Crippen molar-refractivity contribution >= 4 is 17.7 Å². The molecule has 0 aromatic carbocycles. The van der Waals surface area contributed by atoms with Gasteiger partial charge in [-0.25, -0.2) is 0 Å². The molecule has 3 nitrogen and oxygen atoms in total. The van der Waals surface area contributed by atoms with Crippen molar-refractivity contribution in [3.63, 3.8) is 0 Å². The Morgan fingerprint density at radius 1 is 1.62 bits per heavy atom. The standard InChI is InChI=1S/C9H20N2OS/c1-4-11-9(2,8(10)12)6-5-7-13-3/h11H,4-7H2,1-3H3,(H2,10,12). The molecule has 0 saturated heterocycles. The Hall–Kier alpha value is -0.220. The average Bonchev–Trinajstić information content (AvgIpc) is 2.05. The molecule has 0 radical (unpaired) electrons. The van der Waals surface area contributed by atoms with Crippen LogP contribution < -0.4 is 11.1 Å². The fourth-order valence-corrected chi connectivity index (χ4v) is 1.69. The lowest BCUT2D eigenvalue weighted by Gasteiger charge is -2.26. The fourth-order valence-electron chi connectivity index (χ4n) is 1.26. The number of nitrogens with one attached hydrogen (secondary N) is 1. The number of rotatable bonds is 7. The molecule has 0 aromatic heterocycles. The van der Waals surface area contributed by atoms with Gasteiger partial charge in [-0.05, 0) is 38.3 Å². The molecule has 1 unspecified atom stereocenters. The normalized spacial score (nSPS) is 15.3. The first-order valence-electron chi connectivity index (χ1n) is 4.60. The van der Waals surface area contributed by atoms with E-state index in [1.807, 2.05) is 13.8 Å². The summed E-state index contributed by atoms with van der Waals surface area (Å²) >= 11 is 1.79. The third-order valence-electron chi connectivity index (χ3n) is 2.14. The smallest absolute Gasteiger partial charge is 0.237 e. The SMILES string of the molecule is CCNC(C)(CCCSC)C(N)=O. The minimum atomic E-state index is -0.523. The number of nitrogens with two attached hydrogens (primary N) is 1. The van der Waals surface area contributed by atoms with Gasteiger partial charge in [-0.15, -0.1) is 0 Å². The third kappa shape index (κ3) is 4.52. The summed E-state index contributed by atoms with van der Waals surface area (Å²) < 4.78 is 0. The van der Waals surface area contributed by atoms with Crippen LogP contribution in [0, 0.1) is 0 Å². The molecule has 1 amide bonds. The van der Waals surface area contributed by atoms with E-state index in [1.165, 1.54) is 0 Å². The van der Waals surface area contributed by atoms with Gasteiger partial charge < -0.3 is 11.1 Å². The van der Waals surface area contributed by atoms with Crippen LogP contribution in [0.15, 0.2) is 0 Å². The van der Waals surface area contributed by atoms with Gasteiger partial charge in [-0.1, -0.05) is 6.92 Å². The first kappa shape index (κ1) is 12.8. The predicted molar refractivity (Wildman–Crippen MR) is 58.9 cm³/mol. The van der Waals surface area contributed by atoms with Crippen LogP contribution in [0.25, 0.3) is 0 Å². The summed E-state index contributed by atoms with van der Waals surface area (Å²) in [5.41, 5.74) is 4.81. The Balaban J connectivity index is 4.00. The average molecular weight is 204 g/mol. The van der Waals surface area contributed by atoms with Crippen molar-refractivity contribution in [2.75, 3.05) is 18.6 Å². The van der Waals surface area contributed by atoms with Crippen LogP contribution in [0.3, 0.4) is 0 Å². The highest BCUT2D eigenvalue weighted by molar-refractivity contribution is 7.98. The molecule has 0 spiro atoms. The molecule has 0 aliphatic rings. The van der Waals surface area contributed by atoms with Crippen molar-refractivity contribution in [3.8, 4) is 0 Å². The molecule has 0 aliphatic heterocycles. The first-order chi connectivity index (χ1) is 6.06. The molecule has 13 heavy (non-hydrogen) atoms. The highest BCUT2D eigenvalue weighted by atomic mass is 32.2. The molecule has 4 heteroatoms. The van der Waals surface area contributed by atoms with Crippen molar-refractivity contribution in [1.29, 1.82) is 0 Å². The second kappa shape index (κ2) is 6.27. The van der Waals surface area contributed by atoms with Crippen LogP contribution >= 0.6 is 11.8 Å². The van der Waals surface area contributed by atoms with Crippen molar-refractivity contribution in [2.45, 2.75) is 32.2 Å². The molecule has 1 atom stereocenters. The number of likely N-dealkylation sites (N-methyl/N-ethyl adjacent to an activating group) is 1. The van der Waals surface area contributed by atoms with Crippen LogP contribution in [0.1, 0.15) is 26.7 Å². The lowest BCUT2D eigenvalue weighted by atomic mass is 9.95. The molecule has 0 heterocycles. The van der Waals surface area contributed by atoms with Crippen molar-refractivity contribution in [3.05, 3.63) is 0 Å². The summed E-state index contributed by atoms with van der Waals surface area (Å²) in [6.07, 6.45) is 3.90. The van der Waals surface area contributed by atoms with E-state index in [4.69, 9.17) is 5.73 Å². The summed E-state index contributed by atoms with van der Waals surface area (Å²) in [4.78, 5) is 11.2. The molecule has 0 rings (SSSR count). The van der Waals surface area contributed by atoms with Gasteiger partial charge in [0, 0.05) is 0 Å². The van der Waals surface area contributed by atoms with Gasteiger partial charge in [-0.3, -0.25) is 4.79 Å². The van der Waals surface area contributed by atoms with Crippen LogP contribution in [0.5, 0.6) is 0 Å². The lowest BCUT2D eigenvalue weighted by Crippen LogP contribution is -2.53. The number of carbonyl (C=O) groups excluding carboxylic acids is 1. The van der Waals surface area contributed by atoms with Gasteiger partial charge in [0.25, 0.3) is 0 Å². The minimum absolute atomic E-state index is 0.254. The highest BCUT2D eigenvalue weighted by Gasteiger charge is 2.28. The molecule has 78 valence electrons. The van der Waals surface area contributed by atoms with Gasteiger partial charge in [0.05, 0.1) is 5.54 Å². The number of hydrogen-bond donors (Lipinski definition) is 2. The van der Waals surface area contributed by atoms with Gasteiger partial charge >= 0.3 is 0 Å². The molecule has 0 aliphatic carbocycles. The highest BCUT2D eigenvalue weighted by Crippen LogP contribution is 2.13. The van der Waals surface area contributed by atoms with Gasteiger partial charge in [0.15, 0.2) is 0 Å². The third-order valence-corrected chi connectivity index (χ3v) is 2.83. The van der Waals surface area contributed by atoms with Crippen LogP contribution in [-0.4, -0.2) is 30.0 Å².